The van der Waals surface area contributed by atoms with Gasteiger partial charge in [-0.1, -0.05) is 0 Å². The Balaban J connectivity index is 0.000000231. The van der Waals surface area contributed by atoms with Crippen LogP contribution in [0.1, 0.15) is 77.6 Å². The highest BCUT2D eigenvalue weighted by Gasteiger charge is 2.32. The van der Waals surface area contributed by atoms with Gasteiger partial charge >= 0.3 is 24.5 Å². The molecule has 2 aliphatic rings. The van der Waals surface area contributed by atoms with E-state index in [1.807, 2.05) is 0 Å². The molecule has 6 rings (SSSR count). The van der Waals surface area contributed by atoms with E-state index in [4.69, 9.17) is 51.4 Å². The van der Waals surface area contributed by atoms with Crippen LogP contribution >= 0.6 is 0 Å². The lowest BCUT2D eigenvalue weighted by Crippen LogP contribution is -2.29. The molecule has 0 atom stereocenters. The van der Waals surface area contributed by atoms with E-state index in [0.29, 0.717) is 96.7 Å². The van der Waals surface area contributed by atoms with E-state index >= 15 is 0 Å². The second-order valence-corrected chi connectivity index (χ2v) is 14.3. The summed E-state index contributed by atoms with van der Waals surface area (Å²) in [5.41, 5.74) is 24.3. The zero-order chi connectivity index (χ0) is 44.2. The zero-order valence-electron chi connectivity index (χ0n) is 32.7. The first-order valence-corrected chi connectivity index (χ1v) is 19.1. The van der Waals surface area contributed by atoms with E-state index in [1.54, 1.807) is 12.1 Å². The Hall–Kier alpha value is -6.08. The van der Waals surface area contributed by atoms with Crippen molar-refractivity contribution >= 4 is 34.7 Å². The third-order valence-corrected chi connectivity index (χ3v) is 9.51. The third kappa shape index (κ3) is 15.5. The van der Waals surface area contributed by atoms with Crippen molar-refractivity contribution in [1.29, 1.82) is 0 Å². The maximum absolute atomic E-state index is 12.5. The minimum atomic E-state index is -4.74. The molecule has 13 nitrogen and oxygen atoms in total. The lowest BCUT2D eigenvalue weighted by molar-refractivity contribution is -0.274. The maximum Gasteiger partial charge on any atom is 0.573 e. The van der Waals surface area contributed by atoms with E-state index in [2.05, 4.69) is 4.74 Å². The summed E-state index contributed by atoms with van der Waals surface area (Å²) in [6, 6.07) is 18.7. The predicted octanol–water partition coefficient (Wildman–Crippen LogP) is 8.66. The Labute approximate surface area is 347 Å². The van der Waals surface area contributed by atoms with Gasteiger partial charge in [0.25, 0.3) is 0 Å². The molecule has 0 bridgehead atoms. The molecular weight excluding hydrogens is 818 g/mol. The lowest BCUT2D eigenvalue weighted by Gasteiger charge is -2.28. The van der Waals surface area contributed by atoms with Gasteiger partial charge < -0.3 is 56.1 Å². The van der Waals surface area contributed by atoms with Crippen LogP contribution in [-0.4, -0.2) is 56.3 Å². The van der Waals surface area contributed by atoms with Gasteiger partial charge in [-0.05, 0) is 136 Å². The van der Waals surface area contributed by atoms with E-state index in [9.17, 15) is 35.9 Å². The van der Waals surface area contributed by atoms with Crippen LogP contribution in [0.4, 0.5) is 49.1 Å². The number of alkyl halides is 6. The molecule has 330 valence electrons. The van der Waals surface area contributed by atoms with Crippen LogP contribution in [0.15, 0.2) is 84.9 Å². The van der Waals surface area contributed by atoms with E-state index in [1.165, 1.54) is 48.5 Å². The first-order chi connectivity index (χ1) is 28.9. The fourth-order valence-electron chi connectivity index (χ4n) is 6.54. The normalized spacial score (nSPS) is 19.1. The van der Waals surface area contributed by atoms with Crippen LogP contribution in [0.5, 0.6) is 17.2 Å². The van der Waals surface area contributed by atoms with Gasteiger partial charge in [0.05, 0.1) is 28.9 Å². The predicted molar refractivity (Wildman–Crippen MR) is 211 cm³/mol. The van der Waals surface area contributed by atoms with Crippen LogP contribution in [0.3, 0.4) is 0 Å². The number of nitrogens with two attached hydrogens (primary N) is 4. The number of carbonyl (C=O) groups is 2. The summed E-state index contributed by atoms with van der Waals surface area (Å²) in [6.45, 7) is -0.111. The van der Waals surface area contributed by atoms with Crippen LogP contribution in [0, 0.1) is 0 Å². The lowest BCUT2D eigenvalue weighted by atomic mass is 9.95. The van der Waals surface area contributed by atoms with Gasteiger partial charge in [-0.25, -0.2) is 9.59 Å². The highest BCUT2D eigenvalue weighted by molar-refractivity contribution is 5.92. The van der Waals surface area contributed by atoms with Crippen molar-refractivity contribution in [1.82, 2.24) is 0 Å². The second kappa shape index (κ2) is 20.9. The number of carbonyl (C=O) groups excluding carboxylic acids is 2. The highest BCUT2D eigenvalue weighted by atomic mass is 19.4. The molecule has 0 aliphatic heterocycles. The second-order valence-electron chi connectivity index (χ2n) is 14.3. The number of benzene rings is 4. The van der Waals surface area contributed by atoms with Gasteiger partial charge in [-0.2, -0.15) is 13.2 Å². The summed E-state index contributed by atoms with van der Waals surface area (Å²) in [7, 11) is 0. The zero-order valence-corrected chi connectivity index (χ0v) is 32.7. The van der Waals surface area contributed by atoms with Crippen molar-refractivity contribution in [2.24, 2.45) is 0 Å². The van der Waals surface area contributed by atoms with Crippen LogP contribution in [0.25, 0.3) is 0 Å². The Morgan fingerprint density at radius 1 is 0.492 bits per heavy atom. The smallest absolute Gasteiger partial charge is 0.468 e. The summed E-state index contributed by atoms with van der Waals surface area (Å²) in [4.78, 5) is 24.5. The molecule has 4 aromatic carbocycles. The molecule has 8 N–H and O–H groups in total. The number of hydrogen-bond acceptors (Lipinski definition) is 13. The largest absolute Gasteiger partial charge is 0.573 e. The topological polar surface area (TPSA) is 203 Å². The number of nitrogen functional groups attached to an aromatic ring is 4. The number of hydrogen-bond donors (Lipinski definition) is 4. The molecule has 0 saturated heterocycles. The summed E-state index contributed by atoms with van der Waals surface area (Å²) in [5, 5.41) is 0. The van der Waals surface area contributed by atoms with Crippen molar-refractivity contribution in [2.75, 3.05) is 36.5 Å². The van der Waals surface area contributed by atoms with E-state index in [-0.39, 0.29) is 43.8 Å². The van der Waals surface area contributed by atoms with Gasteiger partial charge in [0.2, 0.25) is 0 Å². The molecule has 0 aromatic heterocycles. The number of anilines is 4. The average Bonchev–Trinajstić information content (AvgIpc) is 3.19. The number of esters is 2. The molecule has 0 spiro atoms. The van der Waals surface area contributed by atoms with E-state index in [0.717, 1.165) is 24.3 Å². The molecule has 2 saturated carbocycles. The minimum absolute atomic E-state index is 0.0445. The van der Waals surface area contributed by atoms with Crippen LogP contribution in [-0.2, 0) is 25.1 Å². The van der Waals surface area contributed by atoms with Gasteiger partial charge in [0.1, 0.15) is 29.5 Å². The summed E-state index contributed by atoms with van der Waals surface area (Å²) in [6.07, 6.45) is -4.45. The molecule has 2 aliphatic carbocycles. The van der Waals surface area contributed by atoms with Crippen molar-refractivity contribution in [2.45, 2.75) is 88.3 Å². The monoisotopic (exact) mass is 864 g/mol. The molecular formula is C42H46F6N4O9. The van der Waals surface area contributed by atoms with Gasteiger partial charge in [-0.3, -0.25) is 0 Å². The number of halogens is 6. The highest BCUT2D eigenvalue weighted by Crippen LogP contribution is 2.31. The molecule has 0 heterocycles. The molecule has 0 radical (unpaired) electrons. The number of ether oxygens (including phenoxy) is 7. The molecule has 2 fully saturated rings. The first-order valence-electron chi connectivity index (χ1n) is 19.1. The fraction of sp³-hybridized carbons (Fsp3) is 0.381. The quantitative estimate of drug-likeness (QED) is 0.0431. The Morgan fingerprint density at radius 2 is 0.820 bits per heavy atom. The molecule has 19 heteroatoms. The summed E-state index contributed by atoms with van der Waals surface area (Å²) >= 11 is 0. The van der Waals surface area contributed by atoms with Crippen molar-refractivity contribution in [3.8, 4) is 17.2 Å². The molecule has 0 amide bonds. The molecule has 4 aromatic rings. The van der Waals surface area contributed by atoms with Crippen LogP contribution < -0.4 is 37.1 Å². The summed E-state index contributed by atoms with van der Waals surface area (Å²) < 4.78 is 111. The standard InChI is InChI=1S/C21H23F3N2O5.C21H23F3N2O4/c22-21(23,24)31-19-7-3-17(4-8-19)29-12-28-16-1-5-18(6-2-16)30-20(27)13-9-14(25)11-15(26)10-13;22-21(23,24)14-1-3-17(4-2-14)28-12-29-18-5-7-19(8-6-18)30-20(27)13-9-15(25)11-16(26)10-13/h3-4,7-11,16,18H,1-2,5-6,12,25-26H2;1-4,9-11,18-19H,5-8,12,25-26H2. The van der Waals surface area contributed by atoms with E-state index < -0.39 is 30.0 Å². The molecule has 61 heavy (non-hydrogen) atoms. The van der Waals surface area contributed by atoms with Crippen LogP contribution in [0.2, 0.25) is 0 Å². The first kappa shape index (κ1) is 46.0. The average molecular weight is 865 g/mol. The maximum atomic E-state index is 12.5. The van der Waals surface area contributed by atoms with Crippen molar-refractivity contribution in [3.63, 3.8) is 0 Å². The van der Waals surface area contributed by atoms with Crippen molar-refractivity contribution in [3.05, 3.63) is 102 Å². The summed E-state index contributed by atoms with van der Waals surface area (Å²) in [5.74, 6) is -0.603. The van der Waals surface area contributed by atoms with Crippen molar-refractivity contribution < 1.29 is 69.1 Å². The molecule has 0 unspecified atom stereocenters. The van der Waals surface area contributed by atoms with Gasteiger partial charge in [0, 0.05) is 22.7 Å². The number of rotatable bonds is 13. The Kier molecular flexibility index (Phi) is 15.8. The third-order valence-electron chi connectivity index (χ3n) is 9.51. The Morgan fingerprint density at radius 3 is 1.16 bits per heavy atom. The minimum Gasteiger partial charge on any atom is -0.468 e. The Bertz CT molecular complexity index is 2000. The van der Waals surface area contributed by atoms with Gasteiger partial charge in [-0.15, -0.1) is 13.2 Å². The van der Waals surface area contributed by atoms with Gasteiger partial charge in [0.15, 0.2) is 13.6 Å². The fourth-order valence-corrected chi connectivity index (χ4v) is 6.54. The SMILES string of the molecule is Nc1cc(N)cc(C(=O)OC2CCC(OCOc3ccc(C(F)(F)F)cc3)CC2)c1.Nc1cc(N)cc(C(=O)OC2CCC(OCOc3ccc(OC(F)(F)F)cc3)CC2)c1.